The molecular formula is C17H21N3O. The number of aromatic nitrogens is 1. The molecule has 0 saturated heterocycles. The summed E-state index contributed by atoms with van der Waals surface area (Å²) in [6.07, 6.45) is 1.75. The maximum absolute atomic E-state index is 9.63. The van der Waals surface area contributed by atoms with Crippen molar-refractivity contribution in [3.8, 4) is 6.07 Å². The fraction of sp³-hybridized carbons (Fsp3) is 0.412. The Labute approximate surface area is 125 Å². The highest BCUT2D eigenvalue weighted by Crippen LogP contribution is 2.27. The highest BCUT2D eigenvalue weighted by atomic mass is 16.3. The molecule has 0 amide bonds. The van der Waals surface area contributed by atoms with E-state index < -0.39 is 0 Å². The number of fused-ring (bicyclic) bond motifs is 1. The Hall–Kier alpha value is -2.12. The second-order valence-electron chi connectivity index (χ2n) is 5.41. The molecule has 4 nitrogen and oxygen atoms in total. The fourth-order valence-electron chi connectivity index (χ4n) is 2.39. The van der Waals surface area contributed by atoms with Crippen molar-refractivity contribution in [1.82, 2.24) is 4.98 Å². The standard InChI is InChI=1S/C17H21N3O/c1-3-17(4-2,12-21)11-19-16-14(10-18)9-13-7-5-6-8-15(13)20-16/h5-9,21H,3-4,11-12H2,1-2H3,(H,19,20). The van der Waals surface area contributed by atoms with Crippen molar-refractivity contribution in [3.05, 3.63) is 35.9 Å². The van der Waals surface area contributed by atoms with Crippen LogP contribution in [-0.4, -0.2) is 23.2 Å². The van der Waals surface area contributed by atoms with Crippen LogP contribution in [0.15, 0.2) is 30.3 Å². The number of anilines is 1. The first-order chi connectivity index (χ1) is 10.2. The normalized spacial score (nSPS) is 11.3. The quantitative estimate of drug-likeness (QED) is 0.853. The minimum absolute atomic E-state index is 0.127. The molecule has 0 bridgehead atoms. The minimum Gasteiger partial charge on any atom is -0.396 e. The molecule has 0 fully saturated rings. The van der Waals surface area contributed by atoms with Gasteiger partial charge in [0, 0.05) is 17.3 Å². The van der Waals surface area contributed by atoms with Gasteiger partial charge in [-0.1, -0.05) is 32.0 Å². The summed E-state index contributed by atoms with van der Waals surface area (Å²) in [6.45, 7) is 4.87. The largest absolute Gasteiger partial charge is 0.396 e. The first-order valence-electron chi connectivity index (χ1n) is 7.32. The molecule has 2 aromatic rings. The molecule has 0 saturated carbocycles. The van der Waals surface area contributed by atoms with E-state index in [2.05, 4.69) is 30.2 Å². The number of benzene rings is 1. The predicted molar refractivity (Wildman–Crippen MR) is 85.0 cm³/mol. The second kappa shape index (κ2) is 6.55. The van der Waals surface area contributed by atoms with E-state index in [9.17, 15) is 10.4 Å². The zero-order valence-electron chi connectivity index (χ0n) is 12.6. The lowest BCUT2D eigenvalue weighted by molar-refractivity contribution is 0.127. The van der Waals surface area contributed by atoms with Gasteiger partial charge in [0.25, 0.3) is 0 Å². The van der Waals surface area contributed by atoms with Gasteiger partial charge in [-0.05, 0) is 25.0 Å². The van der Waals surface area contributed by atoms with Crippen molar-refractivity contribution in [2.75, 3.05) is 18.5 Å². The molecule has 2 N–H and O–H groups in total. The van der Waals surface area contributed by atoms with E-state index in [0.29, 0.717) is 17.9 Å². The van der Waals surface area contributed by atoms with Gasteiger partial charge in [-0.2, -0.15) is 5.26 Å². The van der Waals surface area contributed by atoms with Gasteiger partial charge in [0.15, 0.2) is 0 Å². The van der Waals surface area contributed by atoms with E-state index in [1.165, 1.54) is 0 Å². The van der Waals surface area contributed by atoms with E-state index in [0.717, 1.165) is 23.7 Å². The van der Waals surface area contributed by atoms with Gasteiger partial charge < -0.3 is 10.4 Å². The summed E-state index contributed by atoms with van der Waals surface area (Å²) in [4.78, 5) is 4.54. The highest BCUT2D eigenvalue weighted by molar-refractivity contribution is 5.82. The van der Waals surface area contributed by atoms with Crippen molar-refractivity contribution in [3.63, 3.8) is 0 Å². The summed E-state index contributed by atoms with van der Waals surface area (Å²) >= 11 is 0. The lowest BCUT2D eigenvalue weighted by Crippen LogP contribution is -2.32. The Bertz CT molecular complexity index is 648. The topological polar surface area (TPSA) is 68.9 Å². The average Bonchev–Trinajstić information content (AvgIpc) is 2.55. The molecule has 0 radical (unpaired) electrons. The molecule has 1 aromatic heterocycles. The van der Waals surface area contributed by atoms with Crippen LogP contribution in [0, 0.1) is 16.7 Å². The first kappa shape index (κ1) is 15.3. The lowest BCUT2D eigenvalue weighted by Gasteiger charge is -2.29. The third-order valence-corrected chi connectivity index (χ3v) is 4.31. The maximum Gasteiger partial charge on any atom is 0.144 e. The van der Waals surface area contributed by atoms with Gasteiger partial charge >= 0.3 is 0 Å². The summed E-state index contributed by atoms with van der Waals surface area (Å²) in [5, 5.41) is 23.1. The molecule has 110 valence electrons. The van der Waals surface area contributed by atoms with Crippen LogP contribution in [0.25, 0.3) is 10.9 Å². The van der Waals surface area contributed by atoms with Gasteiger partial charge in [0.2, 0.25) is 0 Å². The van der Waals surface area contributed by atoms with E-state index in [1.54, 1.807) is 0 Å². The number of pyridine rings is 1. The zero-order valence-corrected chi connectivity index (χ0v) is 12.6. The number of para-hydroxylation sites is 1. The van der Waals surface area contributed by atoms with E-state index >= 15 is 0 Å². The van der Waals surface area contributed by atoms with E-state index in [4.69, 9.17) is 0 Å². The molecule has 0 spiro atoms. The Morgan fingerprint density at radius 1 is 1.29 bits per heavy atom. The molecule has 0 atom stereocenters. The molecular weight excluding hydrogens is 262 g/mol. The van der Waals surface area contributed by atoms with Crippen molar-refractivity contribution in [1.29, 1.82) is 5.26 Å². The third-order valence-electron chi connectivity index (χ3n) is 4.31. The van der Waals surface area contributed by atoms with Crippen molar-refractivity contribution in [2.24, 2.45) is 5.41 Å². The Balaban J connectivity index is 2.31. The summed E-state index contributed by atoms with van der Waals surface area (Å²) < 4.78 is 0. The van der Waals surface area contributed by atoms with Crippen LogP contribution in [-0.2, 0) is 0 Å². The number of rotatable bonds is 6. The molecule has 2 rings (SSSR count). The number of hydrogen-bond donors (Lipinski definition) is 2. The van der Waals surface area contributed by atoms with Gasteiger partial charge in [0.05, 0.1) is 17.7 Å². The van der Waals surface area contributed by atoms with Crippen LogP contribution in [0.4, 0.5) is 5.82 Å². The fourth-order valence-corrected chi connectivity index (χ4v) is 2.39. The molecule has 0 aliphatic carbocycles. The third kappa shape index (κ3) is 3.14. The molecule has 0 unspecified atom stereocenters. The van der Waals surface area contributed by atoms with Crippen LogP contribution < -0.4 is 5.32 Å². The molecule has 0 aliphatic heterocycles. The Morgan fingerprint density at radius 3 is 2.62 bits per heavy atom. The number of nitriles is 1. The van der Waals surface area contributed by atoms with Gasteiger partial charge in [0.1, 0.15) is 11.9 Å². The monoisotopic (exact) mass is 283 g/mol. The predicted octanol–water partition coefficient (Wildman–Crippen LogP) is 3.32. The van der Waals surface area contributed by atoms with Gasteiger partial charge in [-0.3, -0.25) is 0 Å². The molecule has 4 heteroatoms. The van der Waals surface area contributed by atoms with Gasteiger partial charge in [-0.15, -0.1) is 0 Å². The summed E-state index contributed by atoms with van der Waals surface area (Å²) in [5.41, 5.74) is 1.23. The maximum atomic E-state index is 9.63. The van der Waals surface area contributed by atoms with Gasteiger partial charge in [-0.25, -0.2) is 4.98 Å². The Morgan fingerprint density at radius 2 is 2.00 bits per heavy atom. The molecule has 21 heavy (non-hydrogen) atoms. The van der Waals surface area contributed by atoms with Crippen molar-refractivity contribution < 1.29 is 5.11 Å². The number of nitrogens with zero attached hydrogens (tertiary/aromatic N) is 2. The van der Waals surface area contributed by atoms with E-state index in [1.807, 2.05) is 30.3 Å². The van der Waals surface area contributed by atoms with Crippen LogP contribution in [0.5, 0.6) is 0 Å². The first-order valence-corrected chi connectivity index (χ1v) is 7.32. The van der Waals surface area contributed by atoms with Crippen LogP contribution >= 0.6 is 0 Å². The van der Waals surface area contributed by atoms with Crippen LogP contribution in [0.3, 0.4) is 0 Å². The number of hydrogen-bond acceptors (Lipinski definition) is 4. The number of aliphatic hydroxyl groups excluding tert-OH is 1. The molecule has 1 aromatic carbocycles. The van der Waals surface area contributed by atoms with Crippen molar-refractivity contribution >= 4 is 16.7 Å². The molecule has 0 aliphatic rings. The van der Waals surface area contributed by atoms with Crippen LogP contribution in [0.1, 0.15) is 32.3 Å². The summed E-state index contributed by atoms with van der Waals surface area (Å²) in [7, 11) is 0. The van der Waals surface area contributed by atoms with Crippen molar-refractivity contribution in [2.45, 2.75) is 26.7 Å². The second-order valence-corrected chi connectivity index (χ2v) is 5.41. The Kier molecular flexibility index (Phi) is 4.77. The molecule has 1 heterocycles. The SMILES string of the molecule is CCC(CC)(CO)CNc1nc2ccccc2cc1C#N. The van der Waals surface area contributed by atoms with E-state index in [-0.39, 0.29) is 12.0 Å². The highest BCUT2D eigenvalue weighted by Gasteiger charge is 2.25. The summed E-state index contributed by atoms with van der Waals surface area (Å²) in [5.74, 6) is 0.593. The number of nitrogens with one attached hydrogen (secondary N) is 1. The lowest BCUT2D eigenvalue weighted by atomic mass is 9.83. The zero-order chi connectivity index (χ0) is 15.3. The average molecular weight is 283 g/mol. The van der Waals surface area contributed by atoms with Crippen LogP contribution in [0.2, 0.25) is 0 Å². The minimum atomic E-state index is -0.167. The smallest absolute Gasteiger partial charge is 0.144 e. The summed E-state index contributed by atoms with van der Waals surface area (Å²) in [6, 6.07) is 11.8. The number of aliphatic hydroxyl groups is 1.